The molecule has 1 fully saturated rings. The quantitative estimate of drug-likeness (QED) is 0.721. The molecule has 1 amide bonds. The molecule has 1 aliphatic carbocycles. The minimum Gasteiger partial charge on any atom is -0.444 e. The van der Waals surface area contributed by atoms with Gasteiger partial charge in [-0.15, -0.1) is 0 Å². The van der Waals surface area contributed by atoms with Crippen molar-refractivity contribution in [2.24, 2.45) is 5.92 Å². The Bertz CT molecular complexity index is 226. The van der Waals surface area contributed by atoms with Crippen LogP contribution in [0.15, 0.2) is 0 Å². The topological polar surface area (TPSA) is 29.5 Å². The van der Waals surface area contributed by atoms with Crippen molar-refractivity contribution in [3.05, 3.63) is 0 Å². The Morgan fingerprint density at radius 1 is 1.40 bits per heavy atom. The number of ether oxygens (including phenoxy) is 1. The van der Waals surface area contributed by atoms with E-state index in [1.807, 2.05) is 39.5 Å². The first-order valence-corrected chi connectivity index (χ1v) is 5.79. The van der Waals surface area contributed by atoms with Crippen molar-refractivity contribution in [3.63, 3.8) is 0 Å². The lowest BCUT2D eigenvalue weighted by Gasteiger charge is -2.30. The number of rotatable bonds is 3. The third-order valence-electron chi connectivity index (χ3n) is 2.40. The minimum atomic E-state index is -0.395. The summed E-state index contributed by atoms with van der Waals surface area (Å²) in [5.41, 5.74) is -0.395. The van der Waals surface area contributed by atoms with Crippen LogP contribution in [0.4, 0.5) is 4.79 Å². The summed E-state index contributed by atoms with van der Waals surface area (Å²) < 4.78 is 5.38. The van der Waals surface area contributed by atoms with Crippen LogP contribution in [0.25, 0.3) is 0 Å². The maximum absolute atomic E-state index is 11.9. The molecule has 0 N–H and O–H groups in total. The molecule has 1 aliphatic rings. The number of hydrogen-bond acceptors (Lipinski definition) is 2. The van der Waals surface area contributed by atoms with Crippen LogP contribution in [0.3, 0.4) is 0 Å². The summed E-state index contributed by atoms with van der Waals surface area (Å²) in [7, 11) is 0. The van der Waals surface area contributed by atoms with E-state index in [0.717, 1.165) is 6.54 Å². The second kappa shape index (κ2) is 4.42. The molecular formula is C12H23NO2. The van der Waals surface area contributed by atoms with Gasteiger partial charge in [0, 0.05) is 12.6 Å². The van der Waals surface area contributed by atoms with Crippen molar-refractivity contribution in [1.82, 2.24) is 4.90 Å². The van der Waals surface area contributed by atoms with E-state index in [1.165, 1.54) is 12.8 Å². The van der Waals surface area contributed by atoms with Gasteiger partial charge in [0.15, 0.2) is 0 Å². The molecule has 0 saturated heterocycles. The van der Waals surface area contributed by atoms with E-state index in [2.05, 4.69) is 0 Å². The van der Waals surface area contributed by atoms with Gasteiger partial charge in [0.25, 0.3) is 0 Å². The maximum Gasteiger partial charge on any atom is 0.410 e. The van der Waals surface area contributed by atoms with Crippen molar-refractivity contribution in [3.8, 4) is 0 Å². The zero-order valence-corrected chi connectivity index (χ0v) is 10.5. The Kier molecular flexibility index (Phi) is 3.63. The highest BCUT2D eigenvalue weighted by atomic mass is 16.6. The van der Waals surface area contributed by atoms with Crippen molar-refractivity contribution in [1.29, 1.82) is 0 Å². The van der Waals surface area contributed by atoms with Crippen molar-refractivity contribution >= 4 is 6.09 Å². The summed E-state index contributed by atoms with van der Waals surface area (Å²) in [4.78, 5) is 13.7. The lowest BCUT2D eigenvalue weighted by molar-refractivity contribution is 0.0181. The molecule has 0 radical (unpaired) electrons. The third kappa shape index (κ3) is 4.54. The molecule has 15 heavy (non-hydrogen) atoms. The van der Waals surface area contributed by atoms with E-state index in [4.69, 9.17) is 4.74 Å². The zero-order valence-electron chi connectivity index (χ0n) is 10.5. The fraction of sp³-hybridized carbons (Fsp3) is 0.917. The van der Waals surface area contributed by atoms with Gasteiger partial charge in [0.1, 0.15) is 5.60 Å². The van der Waals surface area contributed by atoms with E-state index < -0.39 is 5.60 Å². The molecule has 0 aliphatic heterocycles. The normalized spacial score (nSPS) is 16.7. The highest BCUT2D eigenvalue weighted by molar-refractivity contribution is 5.68. The molecule has 0 spiro atoms. The summed E-state index contributed by atoms with van der Waals surface area (Å²) in [5.74, 6) is 0.708. The lowest BCUT2D eigenvalue weighted by Crippen LogP contribution is -2.42. The molecule has 88 valence electrons. The SMILES string of the molecule is CC(C)N(CC1CC1)C(=O)OC(C)(C)C. The number of carbonyl (C=O) groups is 1. The van der Waals surface area contributed by atoms with Crippen LogP contribution in [0.2, 0.25) is 0 Å². The van der Waals surface area contributed by atoms with Gasteiger partial charge in [-0.2, -0.15) is 0 Å². The smallest absolute Gasteiger partial charge is 0.410 e. The summed E-state index contributed by atoms with van der Waals surface area (Å²) in [6.07, 6.45) is 2.34. The number of amides is 1. The van der Waals surface area contributed by atoms with Crippen LogP contribution >= 0.6 is 0 Å². The Hall–Kier alpha value is -0.730. The Labute approximate surface area is 92.8 Å². The predicted molar refractivity (Wildman–Crippen MR) is 60.8 cm³/mol. The second-order valence-electron chi connectivity index (χ2n) is 5.67. The van der Waals surface area contributed by atoms with E-state index in [-0.39, 0.29) is 12.1 Å². The molecule has 0 heterocycles. The van der Waals surface area contributed by atoms with Crippen LogP contribution < -0.4 is 0 Å². The van der Waals surface area contributed by atoms with Gasteiger partial charge < -0.3 is 9.64 Å². The number of hydrogen-bond donors (Lipinski definition) is 0. The minimum absolute atomic E-state index is 0.176. The molecule has 0 bridgehead atoms. The number of nitrogens with zero attached hydrogens (tertiary/aromatic N) is 1. The highest BCUT2D eigenvalue weighted by Gasteiger charge is 2.30. The zero-order chi connectivity index (χ0) is 11.6. The first-order chi connectivity index (χ1) is 6.79. The summed E-state index contributed by atoms with van der Waals surface area (Å²) in [5, 5.41) is 0. The van der Waals surface area contributed by atoms with Gasteiger partial charge in [-0.3, -0.25) is 0 Å². The summed E-state index contributed by atoms with van der Waals surface area (Å²) in [6, 6.07) is 0.223. The van der Waals surface area contributed by atoms with E-state index in [0.29, 0.717) is 5.92 Å². The average Bonchev–Trinajstić information content (AvgIpc) is 2.78. The third-order valence-corrected chi connectivity index (χ3v) is 2.40. The van der Waals surface area contributed by atoms with Gasteiger partial charge in [-0.25, -0.2) is 4.79 Å². The molecule has 3 heteroatoms. The fourth-order valence-electron chi connectivity index (χ4n) is 1.40. The average molecular weight is 213 g/mol. The van der Waals surface area contributed by atoms with E-state index >= 15 is 0 Å². The molecule has 3 nitrogen and oxygen atoms in total. The Morgan fingerprint density at radius 2 is 1.93 bits per heavy atom. The van der Waals surface area contributed by atoms with Crippen LogP contribution in [0.1, 0.15) is 47.5 Å². The molecule has 0 unspecified atom stereocenters. The lowest BCUT2D eigenvalue weighted by atomic mass is 10.2. The van der Waals surface area contributed by atoms with Gasteiger partial charge in [-0.1, -0.05) is 0 Å². The largest absolute Gasteiger partial charge is 0.444 e. The molecule has 1 saturated carbocycles. The van der Waals surface area contributed by atoms with Crippen molar-refractivity contribution in [2.75, 3.05) is 6.54 Å². The first kappa shape index (κ1) is 12.3. The van der Waals surface area contributed by atoms with Gasteiger partial charge in [-0.05, 0) is 53.4 Å². The van der Waals surface area contributed by atoms with E-state index in [9.17, 15) is 4.79 Å². The molecule has 1 rings (SSSR count). The second-order valence-corrected chi connectivity index (χ2v) is 5.67. The fourth-order valence-corrected chi connectivity index (χ4v) is 1.40. The van der Waals surface area contributed by atoms with Crippen LogP contribution in [-0.2, 0) is 4.74 Å². The Balaban J connectivity index is 2.50. The highest BCUT2D eigenvalue weighted by Crippen LogP contribution is 2.30. The van der Waals surface area contributed by atoms with Crippen LogP contribution in [0, 0.1) is 5.92 Å². The maximum atomic E-state index is 11.9. The molecule has 0 aromatic heterocycles. The van der Waals surface area contributed by atoms with Crippen LogP contribution in [-0.4, -0.2) is 29.2 Å². The number of carbonyl (C=O) groups excluding carboxylic acids is 1. The Morgan fingerprint density at radius 3 is 2.27 bits per heavy atom. The molecule has 0 atom stereocenters. The van der Waals surface area contributed by atoms with Crippen molar-refractivity contribution in [2.45, 2.75) is 59.1 Å². The molecule has 0 aromatic rings. The van der Waals surface area contributed by atoms with Gasteiger partial charge >= 0.3 is 6.09 Å². The van der Waals surface area contributed by atoms with Gasteiger partial charge in [0.05, 0.1) is 0 Å². The summed E-state index contributed by atoms with van der Waals surface area (Å²) >= 11 is 0. The molecular weight excluding hydrogens is 190 g/mol. The van der Waals surface area contributed by atoms with Crippen molar-refractivity contribution < 1.29 is 9.53 Å². The van der Waals surface area contributed by atoms with Gasteiger partial charge in [0.2, 0.25) is 0 Å². The van der Waals surface area contributed by atoms with E-state index in [1.54, 1.807) is 0 Å². The first-order valence-electron chi connectivity index (χ1n) is 5.79. The summed E-state index contributed by atoms with van der Waals surface area (Å²) in [6.45, 7) is 10.6. The van der Waals surface area contributed by atoms with Crippen LogP contribution in [0.5, 0.6) is 0 Å². The molecule has 0 aromatic carbocycles. The standard InChI is InChI=1S/C12H23NO2/c1-9(2)13(8-10-6-7-10)11(14)15-12(3,4)5/h9-10H,6-8H2,1-5H3. The predicted octanol–water partition coefficient (Wildman–Crippen LogP) is 3.04. The monoisotopic (exact) mass is 213 g/mol.